The molecule has 8 nitrogen and oxygen atoms in total. The number of anilines is 1. The first-order chi connectivity index (χ1) is 13.1. The van der Waals surface area contributed by atoms with E-state index in [0.29, 0.717) is 22.5 Å². The first kappa shape index (κ1) is 16.7. The number of carbonyl (C=O) groups is 1. The van der Waals surface area contributed by atoms with Crippen LogP contribution in [0.4, 0.5) is 10.3 Å². The number of amides is 1. The molecule has 0 aliphatic carbocycles. The monoisotopic (exact) mass is 366 g/mol. The van der Waals surface area contributed by atoms with Crippen LogP contribution in [0.2, 0.25) is 0 Å². The third-order valence-electron chi connectivity index (χ3n) is 3.95. The molecule has 136 valence electrons. The number of methoxy groups -OCH3 is 1. The van der Waals surface area contributed by atoms with Crippen LogP contribution in [0.25, 0.3) is 16.8 Å². The molecule has 27 heavy (non-hydrogen) atoms. The second-order valence-electron chi connectivity index (χ2n) is 5.76. The van der Waals surface area contributed by atoms with Crippen molar-refractivity contribution in [1.29, 1.82) is 0 Å². The van der Waals surface area contributed by atoms with Crippen molar-refractivity contribution in [2.75, 3.05) is 12.4 Å². The fourth-order valence-electron chi connectivity index (χ4n) is 2.75. The van der Waals surface area contributed by atoms with Crippen LogP contribution in [0.15, 0.2) is 55.2 Å². The zero-order valence-corrected chi connectivity index (χ0v) is 14.3. The fourth-order valence-corrected chi connectivity index (χ4v) is 2.75. The van der Waals surface area contributed by atoms with E-state index >= 15 is 0 Å². The van der Waals surface area contributed by atoms with Gasteiger partial charge in [-0.3, -0.25) is 10.1 Å². The summed E-state index contributed by atoms with van der Waals surface area (Å²) >= 11 is 0. The Morgan fingerprint density at radius 2 is 2.19 bits per heavy atom. The summed E-state index contributed by atoms with van der Waals surface area (Å²) in [5.74, 6) is -0.0938. The number of hydrogen-bond acceptors (Lipinski definition) is 5. The standard InChI is InChI=1S/C18H15FN6O2/c1-27-14-4-2-3-13(19)17(14)12-5-6-15-21-18(23-25(15)9-12)22-16(26)10-24-8-7-20-11-24/h2-9,11H,10H2,1H3,(H,22,23,26). The highest BCUT2D eigenvalue weighted by molar-refractivity contribution is 5.89. The van der Waals surface area contributed by atoms with Crippen LogP contribution < -0.4 is 10.1 Å². The molecule has 1 amide bonds. The van der Waals surface area contributed by atoms with Gasteiger partial charge in [0.05, 0.1) is 19.0 Å². The predicted molar refractivity (Wildman–Crippen MR) is 95.8 cm³/mol. The maximum absolute atomic E-state index is 14.3. The lowest BCUT2D eigenvalue weighted by Gasteiger charge is -2.09. The van der Waals surface area contributed by atoms with Gasteiger partial charge in [0.15, 0.2) is 5.65 Å². The van der Waals surface area contributed by atoms with Crippen LogP contribution in [-0.2, 0) is 11.3 Å². The van der Waals surface area contributed by atoms with E-state index in [0.717, 1.165) is 0 Å². The molecule has 4 rings (SSSR count). The van der Waals surface area contributed by atoms with Gasteiger partial charge < -0.3 is 9.30 Å². The number of hydrogen-bond donors (Lipinski definition) is 1. The number of aromatic nitrogens is 5. The molecule has 3 aromatic heterocycles. The summed E-state index contributed by atoms with van der Waals surface area (Å²) in [6, 6.07) is 8.05. The van der Waals surface area contributed by atoms with Crippen LogP contribution in [0.3, 0.4) is 0 Å². The molecular weight excluding hydrogens is 351 g/mol. The van der Waals surface area contributed by atoms with Crippen molar-refractivity contribution in [2.45, 2.75) is 6.54 Å². The third kappa shape index (κ3) is 3.34. The Hall–Kier alpha value is -3.75. The van der Waals surface area contributed by atoms with Gasteiger partial charge in [0.2, 0.25) is 11.9 Å². The van der Waals surface area contributed by atoms with Gasteiger partial charge in [-0.05, 0) is 24.3 Å². The van der Waals surface area contributed by atoms with E-state index in [1.807, 2.05) is 0 Å². The first-order valence-corrected chi connectivity index (χ1v) is 8.09. The first-order valence-electron chi connectivity index (χ1n) is 8.09. The molecule has 0 aliphatic heterocycles. The average molecular weight is 366 g/mol. The minimum atomic E-state index is -0.400. The number of benzene rings is 1. The molecule has 0 unspecified atom stereocenters. The Morgan fingerprint density at radius 1 is 1.30 bits per heavy atom. The van der Waals surface area contributed by atoms with E-state index < -0.39 is 5.82 Å². The molecule has 4 aromatic rings. The van der Waals surface area contributed by atoms with E-state index in [4.69, 9.17) is 4.74 Å². The van der Waals surface area contributed by atoms with Crippen LogP contribution in [0.1, 0.15) is 0 Å². The van der Waals surface area contributed by atoms with Gasteiger partial charge in [-0.2, -0.15) is 4.98 Å². The van der Waals surface area contributed by atoms with Crippen molar-refractivity contribution >= 4 is 17.5 Å². The van der Waals surface area contributed by atoms with E-state index in [1.165, 1.54) is 17.7 Å². The molecule has 0 atom stereocenters. The third-order valence-corrected chi connectivity index (χ3v) is 3.95. The van der Waals surface area contributed by atoms with Gasteiger partial charge in [-0.1, -0.05) is 6.07 Å². The summed E-state index contributed by atoms with van der Waals surface area (Å²) in [7, 11) is 1.49. The van der Waals surface area contributed by atoms with Crippen molar-refractivity contribution in [1.82, 2.24) is 24.1 Å². The molecule has 3 heterocycles. The van der Waals surface area contributed by atoms with E-state index in [1.54, 1.807) is 53.8 Å². The van der Waals surface area contributed by atoms with Crippen molar-refractivity contribution < 1.29 is 13.9 Å². The summed E-state index contributed by atoms with van der Waals surface area (Å²) < 4.78 is 22.7. The number of carbonyl (C=O) groups excluding carboxylic acids is 1. The van der Waals surface area contributed by atoms with E-state index in [2.05, 4.69) is 20.4 Å². The van der Waals surface area contributed by atoms with Crippen molar-refractivity contribution in [3.63, 3.8) is 0 Å². The second-order valence-corrected chi connectivity index (χ2v) is 5.76. The smallest absolute Gasteiger partial charge is 0.249 e. The van der Waals surface area contributed by atoms with E-state index in [-0.39, 0.29) is 18.4 Å². The molecule has 0 saturated carbocycles. The topological polar surface area (TPSA) is 86.3 Å². The number of halogens is 1. The van der Waals surface area contributed by atoms with Gasteiger partial charge in [0.1, 0.15) is 18.1 Å². The Morgan fingerprint density at radius 3 is 2.96 bits per heavy atom. The SMILES string of the molecule is COc1cccc(F)c1-c1ccc2nc(NC(=O)Cn3ccnc3)nn2c1. The Balaban J connectivity index is 1.62. The number of nitrogens with one attached hydrogen (secondary N) is 1. The molecular formula is C18H15FN6O2. The predicted octanol–water partition coefficient (Wildman–Crippen LogP) is 2.38. The Bertz CT molecular complexity index is 1110. The maximum Gasteiger partial charge on any atom is 0.249 e. The minimum Gasteiger partial charge on any atom is -0.496 e. The molecule has 1 N–H and O–H groups in total. The molecule has 1 aromatic carbocycles. The highest BCUT2D eigenvalue weighted by Gasteiger charge is 2.14. The molecule has 0 saturated heterocycles. The number of imidazole rings is 1. The van der Waals surface area contributed by atoms with Crippen LogP contribution in [0.5, 0.6) is 5.75 Å². The zero-order chi connectivity index (χ0) is 18.8. The summed E-state index contributed by atoms with van der Waals surface area (Å²) in [6.45, 7) is 0.104. The normalized spacial score (nSPS) is 10.9. The number of nitrogens with zero attached hydrogens (tertiary/aromatic N) is 5. The van der Waals surface area contributed by atoms with E-state index in [9.17, 15) is 9.18 Å². The summed E-state index contributed by atoms with van der Waals surface area (Å²) in [6.07, 6.45) is 6.46. The van der Waals surface area contributed by atoms with Crippen molar-refractivity contribution in [2.24, 2.45) is 0 Å². The van der Waals surface area contributed by atoms with Crippen LogP contribution >= 0.6 is 0 Å². The highest BCUT2D eigenvalue weighted by Crippen LogP contribution is 2.32. The average Bonchev–Trinajstić information content (AvgIpc) is 3.29. The molecule has 0 spiro atoms. The number of ether oxygens (including phenoxy) is 1. The number of pyridine rings is 1. The molecule has 0 bridgehead atoms. The van der Waals surface area contributed by atoms with Crippen LogP contribution in [-0.4, -0.2) is 37.2 Å². The number of rotatable bonds is 5. The lowest BCUT2D eigenvalue weighted by atomic mass is 10.1. The molecule has 0 radical (unpaired) electrons. The van der Waals surface area contributed by atoms with Gasteiger partial charge in [0.25, 0.3) is 0 Å². The molecule has 9 heteroatoms. The summed E-state index contributed by atoms with van der Waals surface area (Å²) in [5, 5.41) is 6.87. The van der Waals surface area contributed by atoms with Gasteiger partial charge >= 0.3 is 0 Å². The quantitative estimate of drug-likeness (QED) is 0.586. The Labute approximate surface area is 153 Å². The van der Waals surface area contributed by atoms with Crippen LogP contribution in [0, 0.1) is 5.82 Å². The summed E-state index contributed by atoms with van der Waals surface area (Å²) in [5.41, 5.74) is 1.44. The van der Waals surface area contributed by atoms with Crippen molar-refractivity contribution in [3.05, 3.63) is 61.1 Å². The fraction of sp³-hybridized carbons (Fsp3) is 0.111. The highest BCUT2D eigenvalue weighted by atomic mass is 19.1. The second kappa shape index (κ2) is 6.87. The maximum atomic E-state index is 14.3. The molecule has 0 fully saturated rings. The summed E-state index contributed by atoms with van der Waals surface area (Å²) in [4.78, 5) is 20.2. The van der Waals surface area contributed by atoms with Gasteiger partial charge in [-0.15, -0.1) is 5.10 Å². The van der Waals surface area contributed by atoms with Crippen molar-refractivity contribution in [3.8, 4) is 16.9 Å². The lowest BCUT2D eigenvalue weighted by Crippen LogP contribution is -2.18. The number of fused-ring (bicyclic) bond motifs is 1. The van der Waals surface area contributed by atoms with Gasteiger partial charge in [0, 0.05) is 24.2 Å². The van der Waals surface area contributed by atoms with Gasteiger partial charge in [-0.25, -0.2) is 13.9 Å². The molecule has 0 aliphatic rings. The Kier molecular flexibility index (Phi) is 4.25. The lowest BCUT2D eigenvalue weighted by molar-refractivity contribution is -0.116. The zero-order valence-electron chi connectivity index (χ0n) is 14.3. The minimum absolute atomic E-state index is 0.104. The largest absolute Gasteiger partial charge is 0.496 e.